The van der Waals surface area contributed by atoms with Crippen LogP contribution in [0.4, 0.5) is 5.13 Å². The number of aromatic nitrogens is 1. The van der Waals surface area contributed by atoms with Crippen LogP contribution in [0.25, 0.3) is 11.3 Å². The van der Waals surface area contributed by atoms with Crippen molar-refractivity contribution >= 4 is 22.4 Å². The molecular weight excluding hydrogens is 248 g/mol. The molecule has 2 rings (SSSR count). The summed E-state index contributed by atoms with van der Waals surface area (Å²) < 4.78 is 0. The van der Waals surface area contributed by atoms with Crippen LogP contribution in [0.3, 0.4) is 0 Å². The van der Waals surface area contributed by atoms with Crippen LogP contribution < -0.4 is 5.73 Å². The molecular formula is C13H14N2O2S. The van der Waals surface area contributed by atoms with Crippen molar-refractivity contribution in [1.82, 2.24) is 4.98 Å². The number of hydrogen-bond acceptors (Lipinski definition) is 4. The molecule has 0 fully saturated rings. The molecule has 18 heavy (non-hydrogen) atoms. The maximum absolute atomic E-state index is 11.2. The quantitative estimate of drug-likeness (QED) is 0.872. The van der Waals surface area contributed by atoms with E-state index in [1.54, 1.807) is 0 Å². The Labute approximate surface area is 109 Å². The maximum Gasteiger partial charge on any atom is 0.348 e. The smallest absolute Gasteiger partial charge is 0.348 e. The van der Waals surface area contributed by atoms with E-state index in [9.17, 15) is 9.90 Å². The first-order valence-corrected chi connectivity index (χ1v) is 6.29. The lowest BCUT2D eigenvalue weighted by Crippen LogP contribution is -1.98. The number of carboxylic acid groups (broad SMARTS) is 1. The predicted molar refractivity (Wildman–Crippen MR) is 73.1 cm³/mol. The molecule has 4 nitrogen and oxygen atoms in total. The van der Waals surface area contributed by atoms with Crippen molar-refractivity contribution in [3.05, 3.63) is 33.7 Å². The second kappa shape index (κ2) is 4.42. The van der Waals surface area contributed by atoms with Crippen LogP contribution in [0, 0.1) is 20.8 Å². The van der Waals surface area contributed by atoms with Crippen LogP contribution in [-0.4, -0.2) is 16.1 Å². The van der Waals surface area contributed by atoms with Gasteiger partial charge in [-0.1, -0.05) is 29.0 Å². The molecule has 0 spiro atoms. The molecule has 0 aliphatic rings. The van der Waals surface area contributed by atoms with Crippen molar-refractivity contribution in [2.24, 2.45) is 0 Å². The second-order valence-electron chi connectivity index (χ2n) is 4.31. The zero-order valence-electron chi connectivity index (χ0n) is 10.4. The van der Waals surface area contributed by atoms with Gasteiger partial charge in [0.1, 0.15) is 4.88 Å². The number of anilines is 1. The van der Waals surface area contributed by atoms with Gasteiger partial charge in [-0.25, -0.2) is 9.78 Å². The number of aryl methyl sites for hydroxylation is 3. The van der Waals surface area contributed by atoms with Gasteiger partial charge in [-0.3, -0.25) is 0 Å². The van der Waals surface area contributed by atoms with Crippen molar-refractivity contribution in [1.29, 1.82) is 0 Å². The zero-order chi connectivity index (χ0) is 13.4. The van der Waals surface area contributed by atoms with Crippen LogP contribution >= 0.6 is 11.3 Å². The zero-order valence-corrected chi connectivity index (χ0v) is 11.3. The average molecular weight is 262 g/mol. The molecule has 5 heteroatoms. The van der Waals surface area contributed by atoms with Gasteiger partial charge in [0.15, 0.2) is 5.13 Å². The number of nitrogens with two attached hydrogens (primary N) is 1. The Morgan fingerprint density at radius 2 is 1.83 bits per heavy atom. The first kappa shape index (κ1) is 12.6. The SMILES string of the molecule is Cc1cc(C)c(-c2nc(N)sc2C(=O)O)c(C)c1. The normalized spacial score (nSPS) is 10.6. The highest BCUT2D eigenvalue weighted by atomic mass is 32.1. The number of benzene rings is 1. The number of rotatable bonds is 2. The molecule has 0 amide bonds. The third-order valence-corrected chi connectivity index (χ3v) is 3.62. The summed E-state index contributed by atoms with van der Waals surface area (Å²) in [6, 6.07) is 4.03. The van der Waals surface area contributed by atoms with Crippen molar-refractivity contribution in [3.63, 3.8) is 0 Å². The minimum Gasteiger partial charge on any atom is -0.477 e. The fraction of sp³-hybridized carbons (Fsp3) is 0.231. The van der Waals surface area contributed by atoms with Crippen molar-refractivity contribution in [2.45, 2.75) is 20.8 Å². The summed E-state index contributed by atoms with van der Waals surface area (Å²) in [5.41, 5.74) is 10.1. The lowest BCUT2D eigenvalue weighted by atomic mass is 9.97. The monoisotopic (exact) mass is 262 g/mol. The topological polar surface area (TPSA) is 76.2 Å². The number of carboxylic acids is 1. The van der Waals surface area contributed by atoms with E-state index in [1.165, 1.54) is 0 Å². The second-order valence-corrected chi connectivity index (χ2v) is 5.34. The molecule has 1 aromatic carbocycles. The highest BCUT2D eigenvalue weighted by molar-refractivity contribution is 7.17. The molecule has 1 heterocycles. The number of aromatic carboxylic acids is 1. The highest BCUT2D eigenvalue weighted by Crippen LogP contribution is 2.34. The number of carbonyl (C=O) groups is 1. The Bertz CT molecular complexity index is 609. The molecule has 3 N–H and O–H groups in total. The molecule has 0 bridgehead atoms. The Morgan fingerprint density at radius 3 is 2.33 bits per heavy atom. The molecule has 2 aromatic rings. The van der Waals surface area contributed by atoms with Gasteiger partial charge in [-0.15, -0.1) is 0 Å². The van der Waals surface area contributed by atoms with Gasteiger partial charge in [-0.05, 0) is 31.9 Å². The molecule has 0 aliphatic heterocycles. The largest absolute Gasteiger partial charge is 0.477 e. The summed E-state index contributed by atoms with van der Waals surface area (Å²) in [6.45, 7) is 5.92. The Morgan fingerprint density at radius 1 is 1.28 bits per heavy atom. The van der Waals surface area contributed by atoms with Crippen LogP contribution in [0.2, 0.25) is 0 Å². The van der Waals surface area contributed by atoms with E-state index in [4.69, 9.17) is 5.73 Å². The number of hydrogen-bond donors (Lipinski definition) is 2. The first-order chi connectivity index (χ1) is 8.40. The van der Waals surface area contributed by atoms with Crippen molar-refractivity contribution in [3.8, 4) is 11.3 Å². The lowest BCUT2D eigenvalue weighted by Gasteiger charge is -2.09. The van der Waals surface area contributed by atoms with E-state index in [-0.39, 0.29) is 10.0 Å². The van der Waals surface area contributed by atoms with E-state index >= 15 is 0 Å². The number of thiazole rings is 1. The van der Waals surface area contributed by atoms with Crippen LogP contribution in [-0.2, 0) is 0 Å². The van der Waals surface area contributed by atoms with E-state index in [0.717, 1.165) is 33.6 Å². The van der Waals surface area contributed by atoms with Gasteiger partial charge in [0, 0.05) is 5.56 Å². The van der Waals surface area contributed by atoms with Crippen LogP contribution in [0.5, 0.6) is 0 Å². The summed E-state index contributed by atoms with van der Waals surface area (Å²) in [5, 5.41) is 9.47. The first-order valence-electron chi connectivity index (χ1n) is 5.48. The number of nitrogens with zero attached hydrogens (tertiary/aromatic N) is 1. The van der Waals surface area contributed by atoms with E-state index in [1.807, 2.05) is 32.9 Å². The molecule has 0 aliphatic carbocycles. The van der Waals surface area contributed by atoms with Crippen LogP contribution in [0.15, 0.2) is 12.1 Å². The third-order valence-electron chi connectivity index (χ3n) is 2.75. The fourth-order valence-corrected chi connectivity index (χ4v) is 2.88. The van der Waals surface area contributed by atoms with Gasteiger partial charge in [0.05, 0.1) is 5.69 Å². The molecule has 0 saturated heterocycles. The minimum absolute atomic E-state index is 0.197. The van der Waals surface area contributed by atoms with E-state index < -0.39 is 5.97 Å². The van der Waals surface area contributed by atoms with Gasteiger partial charge in [-0.2, -0.15) is 0 Å². The Hall–Kier alpha value is -1.88. The van der Waals surface area contributed by atoms with Gasteiger partial charge in [0.25, 0.3) is 0 Å². The number of nitrogen functional groups attached to an aromatic ring is 1. The predicted octanol–water partition coefficient (Wildman–Crippen LogP) is 3.02. The summed E-state index contributed by atoms with van der Waals surface area (Å²) in [4.78, 5) is 15.6. The Kier molecular flexibility index (Phi) is 3.09. The standard InChI is InChI=1S/C13H14N2O2S/c1-6-4-7(2)9(8(3)5-6)10-11(12(16)17)18-13(14)15-10/h4-5H,1-3H3,(H2,14,15)(H,16,17). The van der Waals surface area contributed by atoms with Crippen LogP contribution in [0.1, 0.15) is 26.4 Å². The van der Waals surface area contributed by atoms with E-state index in [0.29, 0.717) is 5.69 Å². The van der Waals surface area contributed by atoms with Crippen molar-refractivity contribution in [2.75, 3.05) is 5.73 Å². The fourth-order valence-electron chi connectivity index (χ4n) is 2.20. The minimum atomic E-state index is -0.987. The van der Waals surface area contributed by atoms with Gasteiger partial charge in [0.2, 0.25) is 0 Å². The summed E-state index contributed by atoms with van der Waals surface area (Å²) in [7, 11) is 0. The maximum atomic E-state index is 11.2. The van der Waals surface area contributed by atoms with E-state index in [2.05, 4.69) is 4.98 Å². The molecule has 1 aromatic heterocycles. The average Bonchev–Trinajstić information content (AvgIpc) is 2.58. The van der Waals surface area contributed by atoms with Gasteiger partial charge < -0.3 is 10.8 Å². The summed E-state index contributed by atoms with van der Waals surface area (Å²) >= 11 is 1.01. The molecule has 0 radical (unpaired) electrons. The van der Waals surface area contributed by atoms with Crippen molar-refractivity contribution < 1.29 is 9.90 Å². The lowest BCUT2D eigenvalue weighted by molar-refractivity contribution is 0.0702. The molecule has 0 atom stereocenters. The Balaban J connectivity index is 2.73. The summed E-state index contributed by atoms with van der Waals surface area (Å²) in [5.74, 6) is -0.987. The molecule has 94 valence electrons. The molecule has 0 saturated carbocycles. The highest BCUT2D eigenvalue weighted by Gasteiger charge is 2.20. The molecule has 0 unspecified atom stereocenters. The summed E-state index contributed by atoms with van der Waals surface area (Å²) in [6.07, 6.45) is 0. The third kappa shape index (κ3) is 2.09. The van der Waals surface area contributed by atoms with Gasteiger partial charge >= 0.3 is 5.97 Å².